The van der Waals surface area contributed by atoms with Crippen LogP contribution in [0, 0.1) is 5.92 Å². The Morgan fingerprint density at radius 2 is 2.00 bits per heavy atom. The number of ether oxygens (including phenoxy) is 1. The normalized spacial score (nSPS) is 12.3. The summed E-state index contributed by atoms with van der Waals surface area (Å²) < 4.78 is 6.94. The Labute approximate surface area is 138 Å². The molecule has 0 bridgehead atoms. The van der Waals surface area contributed by atoms with Gasteiger partial charge in [-0.2, -0.15) is 0 Å². The highest BCUT2D eigenvalue weighted by atomic mass is 79.9. The molecule has 21 heavy (non-hydrogen) atoms. The third-order valence-electron chi connectivity index (χ3n) is 3.23. The van der Waals surface area contributed by atoms with Gasteiger partial charge in [-0.15, -0.1) is 0 Å². The molecule has 0 aliphatic rings. The molecule has 1 N–H and O–H groups in total. The lowest BCUT2D eigenvalue weighted by molar-refractivity contribution is 0.316. The second kappa shape index (κ2) is 9.26. The van der Waals surface area contributed by atoms with Gasteiger partial charge in [0.1, 0.15) is 5.75 Å². The van der Waals surface area contributed by atoms with Crippen molar-refractivity contribution in [3.05, 3.63) is 33.8 Å². The van der Waals surface area contributed by atoms with Crippen LogP contribution in [0.4, 0.5) is 0 Å². The minimum Gasteiger partial charge on any atom is -0.493 e. The van der Waals surface area contributed by atoms with Crippen molar-refractivity contribution in [1.82, 2.24) is 5.32 Å². The molecule has 0 saturated carbocycles. The molecule has 0 aliphatic heterocycles. The molecule has 0 radical (unpaired) electrons. The molecular formula is C18H28BrNO. The highest BCUT2D eigenvalue weighted by molar-refractivity contribution is 9.10. The van der Waals surface area contributed by atoms with Crippen LogP contribution in [-0.4, -0.2) is 19.2 Å². The van der Waals surface area contributed by atoms with Gasteiger partial charge in [0.05, 0.1) is 6.61 Å². The molecule has 1 aromatic rings. The molecule has 0 saturated heterocycles. The van der Waals surface area contributed by atoms with E-state index in [1.807, 2.05) is 12.1 Å². The molecule has 0 heterocycles. The minimum absolute atomic E-state index is 0.491. The fraction of sp³-hybridized carbons (Fsp3) is 0.556. The van der Waals surface area contributed by atoms with E-state index in [0.717, 1.165) is 35.4 Å². The monoisotopic (exact) mass is 353 g/mol. The summed E-state index contributed by atoms with van der Waals surface area (Å²) in [6, 6.07) is 6.69. The molecular weight excluding hydrogens is 326 g/mol. The third kappa shape index (κ3) is 6.66. The Morgan fingerprint density at radius 1 is 1.29 bits per heavy atom. The van der Waals surface area contributed by atoms with Crippen LogP contribution < -0.4 is 10.1 Å². The van der Waals surface area contributed by atoms with Gasteiger partial charge in [0.15, 0.2) is 0 Å². The SMILES string of the molecule is CCCOc1ccc(Br)cc1C=C(CNC(C)C)C(C)C. The fourth-order valence-electron chi connectivity index (χ4n) is 1.92. The van der Waals surface area contributed by atoms with Crippen LogP contribution >= 0.6 is 15.9 Å². The summed E-state index contributed by atoms with van der Waals surface area (Å²) in [5, 5.41) is 3.50. The highest BCUT2D eigenvalue weighted by Gasteiger charge is 2.08. The molecule has 0 atom stereocenters. The van der Waals surface area contributed by atoms with E-state index in [0.29, 0.717) is 12.0 Å². The van der Waals surface area contributed by atoms with Crippen molar-refractivity contribution in [2.24, 2.45) is 5.92 Å². The van der Waals surface area contributed by atoms with E-state index < -0.39 is 0 Å². The van der Waals surface area contributed by atoms with Crippen molar-refractivity contribution in [3.8, 4) is 5.75 Å². The standard InChI is InChI=1S/C18H28BrNO/c1-6-9-21-18-8-7-17(19)11-15(18)10-16(13(2)3)12-20-14(4)5/h7-8,10-11,13-14,20H,6,9,12H2,1-5H3. The highest BCUT2D eigenvalue weighted by Crippen LogP contribution is 2.27. The lowest BCUT2D eigenvalue weighted by Gasteiger charge is -2.16. The minimum atomic E-state index is 0.491. The van der Waals surface area contributed by atoms with Crippen molar-refractivity contribution in [3.63, 3.8) is 0 Å². The zero-order chi connectivity index (χ0) is 15.8. The summed E-state index contributed by atoms with van der Waals surface area (Å²) in [4.78, 5) is 0. The summed E-state index contributed by atoms with van der Waals surface area (Å²) >= 11 is 3.55. The first-order valence-electron chi connectivity index (χ1n) is 7.80. The van der Waals surface area contributed by atoms with E-state index in [9.17, 15) is 0 Å². The summed E-state index contributed by atoms with van der Waals surface area (Å²) in [7, 11) is 0. The Hall–Kier alpha value is -0.800. The first kappa shape index (κ1) is 18.2. The Kier molecular flexibility index (Phi) is 8.05. The average molecular weight is 354 g/mol. The number of hydrogen-bond donors (Lipinski definition) is 1. The maximum absolute atomic E-state index is 5.86. The molecule has 0 spiro atoms. The number of rotatable bonds is 8. The van der Waals surface area contributed by atoms with Crippen LogP contribution in [0.2, 0.25) is 0 Å². The fourth-order valence-corrected chi connectivity index (χ4v) is 2.30. The van der Waals surface area contributed by atoms with Gasteiger partial charge in [-0.1, -0.05) is 62.2 Å². The zero-order valence-electron chi connectivity index (χ0n) is 13.9. The predicted octanol–water partition coefficient (Wildman–Crippen LogP) is 5.28. The molecule has 118 valence electrons. The molecule has 0 amide bonds. The third-order valence-corrected chi connectivity index (χ3v) is 3.72. The lowest BCUT2D eigenvalue weighted by Crippen LogP contribution is -2.26. The van der Waals surface area contributed by atoms with E-state index >= 15 is 0 Å². The Bertz CT molecular complexity index is 466. The van der Waals surface area contributed by atoms with Crippen LogP contribution in [0.25, 0.3) is 6.08 Å². The molecule has 0 unspecified atom stereocenters. The van der Waals surface area contributed by atoms with Crippen LogP contribution in [0.5, 0.6) is 5.75 Å². The molecule has 1 rings (SSSR count). The van der Waals surface area contributed by atoms with Gasteiger partial charge in [0, 0.05) is 22.6 Å². The van der Waals surface area contributed by atoms with E-state index in [1.165, 1.54) is 5.57 Å². The molecule has 3 heteroatoms. The summed E-state index contributed by atoms with van der Waals surface area (Å²) in [5.41, 5.74) is 2.54. The van der Waals surface area contributed by atoms with Gasteiger partial charge in [-0.3, -0.25) is 0 Å². The summed E-state index contributed by atoms with van der Waals surface area (Å²) in [6.07, 6.45) is 3.28. The second-order valence-corrected chi connectivity index (χ2v) is 6.86. The summed E-state index contributed by atoms with van der Waals surface area (Å²) in [5.74, 6) is 1.47. The molecule has 2 nitrogen and oxygen atoms in total. The Morgan fingerprint density at radius 3 is 2.57 bits per heavy atom. The first-order chi connectivity index (χ1) is 9.93. The summed E-state index contributed by atoms with van der Waals surface area (Å²) in [6.45, 7) is 12.6. The van der Waals surface area contributed by atoms with Gasteiger partial charge in [0.2, 0.25) is 0 Å². The molecule has 1 aromatic carbocycles. The van der Waals surface area contributed by atoms with Crippen molar-refractivity contribution >= 4 is 22.0 Å². The maximum Gasteiger partial charge on any atom is 0.126 e. The van der Waals surface area contributed by atoms with Gasteiger partial charge < -0.3 is 10.1 Å². The number of nitrogens with one attached hydrogen (secondary N) is 1. The maximum atomic E-state index is 5.86. The smallest absolute Gasteiger partial charge is 0.126 e. The van der Waals surface area contributed by atoms with E-state index in [-0.39, 0.29) is 0 Å². The quantitative estimate of drug-likeness (QED) is 0.686. The zero-order valence-corrected chi connectivity index (χ0v) is 15.5. The van der Waals surface area contributed by atoms with Gasteiger partial charge >= 0.3 is 0 Å². The van der Waals surface area contributed by atoms with Crippen molar-refractivity contribution in [2.45, 2.75) is 47.1 Å². The van der Waals surface area contributed by atoms with Crippen LogP contribution in [-0.2, 0) is 0 Å². The average Bonchev–Trinajstić information content (AvgIpc) is 2.41. The van der Waals surface area contributed by atoms with Gasteiger partial charge in [-0.25, -0.2) is 0 Å². The Balaban J connectivity index is 3.03. The molecule has 0 aromatic heterocycles. The number of halogens is 1. The van der Waals surface area contributed by atoms with Crippen molar-refractivity contribution in [2.75, 3.05) is 13.2 Å². The van der Waals surface area contributed by atoms with Crippen molar-refractivity contribution in [1.29, 1.82) is 0 Å². The number of hydrogen-bond acceptors (Lipinski definition) is 2. The topological polar surface area (TPSA) is 21.3 Å². The van der Waals surface area contributed by atoms with Gasteiger partial charge in [-0.05, 0) is 30.5 Å². The molecule has 0 fully saturated rings. The largest absolute Gasteiger partial charge is 0.493 e. The van der Waals surface area contributed by atoms with Gasteiger partial charge in [0.25, 0.3) is 0 Å². The predicted molar refractivity (Wildman–Crippen MR) is 95.9 cm³/mol. The first-order valence-corrected chi connectivity index (χ1v) is 8.59. The lowest BCUT2D eigenvalue weighted by atomic mass is 9.99. The van der Waals surface area contributed by atoms with Crippen molar-refractivity contribution < 1.29 is 4.74 Å². The second-order valence-electron chi connectivity index (χ2n) is 5.94. The van der Waals surface area contributed by atoms with E-state index in [4.69, 9.17) is 4.74 Å². The van der Waals surface area contributed by atoms with Crippen LogP contribution in [0.15, 0.2) is 28.2 Å². The van der Waals surface area contributed by atoms with Crippen LogP contribution in [0.3, 0.4) is 0 Å². The number of benzene rings is 1. The van der Waals surface area contributed by atoms with Crippen LogP contribution in [0.1, 0.15) is 46.6 Å². The van der Waals surface area contributed by atoms with E-state index in [1.54, 1.807) is 0 Å². The molecule has 0 aliphatic carbocycles. The van der Waals surface area contributed by atoms with E-state index in [2.05, 4.69) is 68.0 Å².